The Balaban J connectivity index is 1.68. The van der Waals surface area contributed by atoms with E-state index in [2.05, 4.69) is 15.3 Å². The maximum absolute atomic E-state index is 12.3. The van der Waals surface area contributed by atoms with Crippen LogP contribution in [0.4, 0.5) is 5.13 Å². The van der Waals surface area contributed by atoms with Crippen molar-refractivity contribution >= 4 is 34.3 Å². The Morgan fingerprint density at radius 2 is 1.92 bits per heavy atom. The normalized spacial score (nSPS) is 10.8. The molecule has 1 N–H and O–H groups in total. The standard InChI is InChI=1S/C17H16N4OS2/c1-21(2)24-13-8-6-12(7-9-13)16(22)20-17-19-15(11-23-17)14-5-3-4-10-18-14/h3-11H,1-2H3,(H,19,20,22). The van der Waals surface area contributed by atoms with Crippen LogP contribution < -0.4 is 5.32 Å². The van der Waals surface area contributed by atoms with Crippen LogP contribution in [0.15, 0.2) is 58.9 Å². The van der Waals surface area contributed by atoms with Gasteiger partial charge in [-0.15, -0.1) is 11.3 Å². The molecule has 0 radical (unpaired) electrons. The Bertz CT molecular complexity index is 816. The van der Waals surface area contributed by atoms with Gasteiger partial charge in [-0.25, -0.2) is 4.98 Å². The number of anilines is 1. The number of aromatic nitrogens is 2. The van der Waals surface area contributed by atoms with Crippen molar-refractivity contribution in [3.8, 4) is 11.4 Å². The summed E-state index contributed by atoms with van der Waals surface area (Å²) in [6.07, 6.45) is 1.72. The zero-order chi connectivity index (χ0) is 16.9. The first-order chi connectivity index (χ1) is 11.6. The SMILES string of the molecule is CN(C)Sc1ccc(C(=O)Nc2nc(-c3ccccn3)cs2)cc1. The molecule has 0 aliphatic heterocycles. The fraction of sp³-hybridized carbons (Fsp3) is 0.118. The fourth-order valence-corrected chi connectivity index (χ4v) is 3.39. The highest BCUT2D eigenvalue weighted by Gasteiger charge is 2.10. The molecule has 0 saturated carbocycles. The van der Waals surface area contributed by atoms with Crippen LogP contribution in [-0.4, -0.2) is 34.3 Å². The van der Waals surface area contributed by atoms with Crippen molar-refractivity contribution in [3.63, 3.8) is 0 Å². The first kappa shape index (κ1) is 16.6. The van der Waals surface area contributed by atoms with Crippen molar-refractivity contribution in [2.24, 2.45) is 0 Å². The van der Waals surface area contributed by atoms with Gasteiger partial charge in [0.1, 0.15) is 5.69 Å². The second-order valence-corrected chi connectivity index (χ2v) is 7.38. The molecule has 1 aromatic carbocycles. The average Bonchev–Trinajstić information content (AvgIpc) is 3.04. The van der Waals surface area contributed by atoms with Gasteiger partial charge in [-0.3, -0.25) is 19.4 Å². The molecular formula is C17H16N4OS2. The average molecular weight is 356 g/mol. The fourth-order valence-electron chi connectivity index (χ4n) is 2.01. The van der Waals surface area contributed by atoms with Crippen LogP contribution in [0.1, 0.15) is 10.4 Å². The van der Waals surface area contributed by atoms with Crippen molar-refractivity contribution in [3.05, 3.63) is 59.6 Å². The van der Waals surface area contributed by atoms with Gasteiger partial charge in [-0.2, -0.15) is 0 Å². The zero-order valence-electron chi connectivity index (χ0n) is 13.3. The summed E-state index contributed by atoms with van der Waals surface area (Å²) in [5.74, 6) is -0.168. The maximum Gasteiger partial charge on any atom is 0.257 e. The van der Waals surface area contributed by atoms with Crippen molar-refractivity contribution in [2.75, 3.05) is 19.4 Å². The maximum atomic E-state index is 12.3. The van der Waals surface area contributed by atoms with Gasteiger partial charge in [0.15, 0.2) is 5.13 Å². The van der Waals surface area contributed by atoms with Gasteiger partial charge in [-0.05, 0) is 62.4 Å². The third-order valence-corrected chi connectivity index (χ3v) is 4.66. The number of carbonyl (C=O) groups is 1. The predicted molar refractivity (Wildman–Crippen MR) is 99.3 cm³/mol. The monoisotopic (exact) mass is 356 g/mol. The molecule has 1 amide bonds. The Morgan fingerprint density at radius 1 is 1.12 bits per heavy atom. The zero-order valence-corrected chi connectivity index (χ0v) is 14.9. The van der Waals surface area contributed by atoms with Gasteiger partial charge < -0.3 is 0 Å². The van der Waals surface area contributed by atoms with E-state index in [1.807, 2.05) is 66.2 Å². The number of hydrogen-bond acceptors (Lipinski definition) is 6. The molecule has 0 unspecified atom stereocenters. The first-order valence-corrected chi connectivity index (χ1v) is 8.91. The van der Waals surface area contributed by atoms with E-state index in [9.17, 15) is 4.79 Å². The van der Waals surface area contributed by atoms with Crippen LogP contribution in [0.2, 0.25) is 0 Å². The molecule has 0 bridgehead atoms. The van der Waals surface area contributed by atoms with Crippen LogP contribution in [-0.2, 0) is 0 Å². The summed E-state index contributed by atoms with van der Waals surface area (Å²) in [7, 11) is 3.96. The van der Waals surface area contributed by atoms with Gasteiger partial charge in [-0.1, -0.05) is 6.07 Å². The van der Waals surface area contributed by atoms with E-state index in [1.165, 1.54) is 11.3 Å². The summed E-state index contributed by atoms with van der Waals surface area (Å²) in [5, 5.41) is 5.28. The minimum atomic E-state index is -0.168. The summed E-state index contributed by atoms with van der Waals surface area (Å²) in [6, 6.07) is 13.1. The minimum absolute atomic E-state index is 0.168. The smallest absolute Gasteiger partial charge is 0.257 e. The molecule has 0 atom stereocenters. The van der Waals surface area contributed by atoms with E-state index in [0.717, 1.165) is 16.3 Å². The van der Waals surface area contributed by atoms with E-state index in [1.54, 1.807) is 18.1 Å². The van der Waals surface area contributed by atoms with Gasteiger partial charge in [0, 0.05) is 22.0 Å². The number of carbonyl (C=O) groups excluding carboxylic acids is 1. The van der Waals surface area contributed by atoms with Gasteiger partial charge in [0.25, 0.3) is 5.91 Å². The highest BCUT2D eigenvalue weighted by molar-refractivity contribution is 7.97. The molecule has 24 heavy (non-hydrogen) atoms. The molecule has 3 aromatic rings. The van der Waals surface area contributed by atoms with Crippen molar-refractivity contribution < 1.29 is 4.79 Å². The lowest BCUT2D eigenvalue weighted by atomic mass is 10.2. The summed E-state index contributed by atoms with van der Waals surface area (Å²) in [5.41, 5.74) is 2.15. The molecule has 5 nitrogen and oxygen atoms in total. The highest BCUT2D eigenvalue weighted by Crippen LogP contribution is 2.24. The first-order valence-electron chi connectivity index (χ1n) is 7.25. The molecule has 0 aliphatic carbocycles. The van der Waals surface area contributed by atoms with Crippen LogP contribution in [0, 0.1) is 0 Å². The lowest BCUT2D eigenvalue weighted by Gasteiger charge is -2.08. The lowest BCUT2D eigenvalue weighted by Crippen LogP contribution is -2.11. The Labute approximate surface area is 148 Å². The summed E-state index contributed by atoms with van der Waals surface area (Å²) in [6.45, 7) is 0. The minimum Gasteiger partial charge on any atom is -0.298 e. The van der Waals surface area contributed by atoms with E-state index in [0.29, 0.717) is 10.7 Å². The molecular weight excluding hydrogens is 340 g/mol. The predicted octanol–water partition coefficient (Wildman–Crippen LogP) is 4.03. The van der Waals surface area contributed by atoms with E-state index < -0.39 is 0 Å². The number of amides is 1. The second kappa shape index (κ2) is 7.57. The van der Waals surface area contributed by atoms with Crippen LogP contribution in [0.5, 0.6) is 0 Å². The molecule has 122 valence electrons. The van der Waals surface area contributed by atoms with E-state index in [-0.39, 0.29) is 5.91 Å². The van der Waals surface area contributed by atoms with Crippen molar-refractivity contribution in [1.29, 1.82) is 0 Å². The molecule has 0 fully saturated rings. The Hall–Kier alpha value is -2.22. The van der Waals surface area contributed by atoms with Crippen LogP contribution >= 0.6 is 23.3 Å². The Morgan fingerprint density at radius 3 is 2.58 bits per heavy atom. The van der Waals surface area contributed by atoms with Gasteiger partial charge >= 0.3 is 0 Å². The van der Waals surface area contributed by atoms with Gasteiger partial charge in [0.2, 0.25) is 0 Å². The number of nitrogens with one attached hydrogen (secondary N) is 1. The van der Waals surface area contributed by atoms with E-state index in [4.69, 9.17) is 0 Å². The number of nitrogens with zero attached hydrogens (tertiary/aromatic N) is 3. The molecule has 0 spiro atoms. The molecule has 2 aromatic heterocycles. The van der Waals surface area contributed by atoms with Crippen molar-refractivity contribution in [2.45, 2.75) is 4.90 Å². The number of pyridine rings is 1. The number of rotatable bonds is 5. The Kier molecular flexibility index (Phi) is 5.24. The molecule has 0 saturated heterocycles. The third kappa shape index (κ3) is 4.19. The summed E-state index contributed by atoms with van der Waals surface area (Å²) >= 11 is 2.99. The van der Waals surface area contributed by atoms with Crippen molar-refractivity contribution in [1.82, 2.24) is 14.3 Å². The highest BCUT2D eigenvalue weighted by atomic mass is 32.2. The number of benzene rings is 1. The number of hydrogen-bond donors (Lipinski definition) is 1. The molecule has 0 aliphatic rings. The van der Waals surface area contributed by atoms with Crippen LogP contribution in [0.3, 0.4) is 0 Å². The van der Waals surface area contributed by atoms with Crippen LogP contribution in [0.25, 0.3) is 11.4 Å². The van der Waals surface area contributed by atoms with E-state index >= 15 is 0 Å². The number of thiazole rings is 1. The lowest BCUT2D eigenvalue weighted by molar-refractivity contribution is 0.102. The molecule has 2 heterocycles. The second-order valence-electron chi connectivity index (χ2n) is 5.14. The molecule has 7 heteroatoms. The topological polar surface area (TPSA) is 58.1 Å². The molecule has 3 rings (SSSR count). The summed E-state index contributed by atoms with van der Waals surface area (Å²) < 4.78 is 2.00. The quantitative estimate of drug-likeness (QED) is 0.700. The third-order valence-electron chi connectivity index (χ3n) is 3.06. The van der Waals surface area contributed by atoms with Gasteiger partial charge in [0.05, 0.1) is 5.69 Å². The summed E-state index contributed by atoms with van der Waals surface area (Å²) in [4.78, 5) is 22.1. The largest absolute Gasteiger partial charge is 0.298 e.